The molecule has 1 aliphatic heterocycles. The second-order valence-corrected chi connectivity index (χ2v) is 3.68. The summed E-state index contributed by atoms with van der Waals surface area (Å²) in [7, 11) is 0. The molecule has 0 saturated carbocycles. The van der Waals surface area contributed by atoms with Gasteiger partial charge in [0.15, 0.2) is 0 Å². The summed E-state index contributed by atoms with van der Waals surface area (Å²) in [6.07, 6.45) is -0.546. The number of carbonyl (C=O) groups is 1. The fourth-order valence-corrected chi connectivity index (χ4v) is 1.55. The van der Waals surface area contributed by atoms with E-state index in [9.17, 15) is 4.79 Å². The Bertz CT molecular complexity index is 434. The van der Waals surface area contributed by atoms with Crippen molar-refractivity contribution in [3.8, 4) is 11.1 Å². The van der Waals surface area contributed by atoms with Crippen molar-refractivity contribution in [1.29, 1.82) is 0 Å². The van der Waals surface area contributed by atoms with Crippen molar-refractivity contribution in [2.24, 2.45) is 0 Å². The Balaban J connectivity index is 0.000000169. The molecule has 3 rings (SSSR count). The summed E-state index contributed by atoms with van der Waals surface area (Å²) in [4.78, 5) is 9.80. The lowest BCUT2D eigenvalue weighted by molar-refractivity contribution is 0.131. The van der Waals surface area contributed by atoms with Crippen molar-refractivity contribution in [2.75, 3.05) is 13.2 Å². The zero-order chi connectivity index (χ0) is 12.6. The van der Waals surface area contributed by atoms with Gasteiger partial charge in [-0.3, -0.25) is 0 Å². The summed E-state index contributed by atoms with van der Waals surface area (Å²) in [6.45, 7) is 0.831. The maximum atomic E-state index is 9.80. The average molecular weight is 242 g/mol. The SMILES string of the molecule is O=C1OCCO1.c1ccc(-c2ccccc2)cc1. The van der Waals surface area contributed by atoms with E-state index < -0.39 is 6.16 Å². The number of hydrogen-bond acceptors (Lipinski definition) is 3. The molecule has 0 unspecified atom stereocenters. The monoisotopic (exact) mass is 242 g/mol. The first-order valence-electron chi connectivity index (χ1n) is 5.76. The molecule has 92 valence electrons. The number of hydrogen-bond donors (Lipinski definition) is 0. The highest BCUT2D eigenvalue weighted by Gasteiger charge is 2.09. The minimum atomic E-state index is -0.546. The average Bonchev–Trinajstić information content (AvgIpc) is 2.93. The second-order valence-electron chi connectivity index (χ2n) is 3.68. The van der Waals surface area contributed by atoms with E-state index in [0.717, 1.165) is 0 Å². The van der Waals surface area contributed by atoms with Crippen LogP contribution < -0.4 is 0 Å². The summed E-state index contributed by atoms with van der Waals surface area (Å²) in [5.41, 5.74) is 2.55. The van der Waals surface area contributed by atoms with Gasteiger partial charge in [-0.25, -0.2) is 4.79 Å². The minimum Gasteiger partial charge on any atom is -0.431 e. The Labute approximate surface area is 106 Å². The first kappa shape index (κ1) is 12.2. The van der Waals surface area contributed by atoms with Gasteiger partial charge in [-0.05, 0) is 11.1 Å². The lowest BCUT2D eigenvalue weighted by atomic mass is 10.1. The molecule has 0 bridgehead atoms. The summed E-state index contributed by atoms with van der Waals surface area (Å²) >= 11 is 0. The van der Waals surface area contributed by atoms with Crippen molar-refractivity contribution >= 4 is 6.16 Å². The molecule has 3 nitrogen and oxygen atoms in total. The molecule has 1 saturated heterocycles. The van der Waals surface area contributed by atoms with Crippen molar-refractivity contribution in [3.63, 3.8) is 0 Å². The molecule has 0 radical (unpaired) electrons. The third-order valence-electron chi connectivity index (χ3n) is 2.40. The molecule has 0 amide bonds. The van der Waals surface area contributed by atoms with Gasteiger partial charge in [-0.1, -0.05) is 60.7 Å². The molecule has 0 spiro atoms. The van der Waals surface area contributed by atoms with E-state index in [1.165, 1.54) is 11.1 Å². The standard InChI is InChI=1S/C12H10.C3H4O3/c1-3-7-11(8-4-1)12-9-5-2-6-10-12;4-3-5-1-2-6-3/h1-10H;1-2H2. The van der Waals surface area contributed by atoms with Gasteiger partial charge in [0.1, 0.15) is 13.2 Å². The Kier molecular flexibility index (Phi) is 4.36. The fraction of sp³-hybridized carbons (Fsp3) is 0.133. The van der Waals surface area contributed by atoms with E-state index in [1.54, 1.807) is 0 Å². The molecule has 1 fully saturated rings. The molecule has 1 heterocycles. The summed E-state index contributed by atoms with van der Waals surface area (Å²) in [5.74, 6) is 0. The van der Waals surface area contributed by atoms with E-state index >= 15 is 0 Å². The highest BCUT2D eigenvalue weighted by Crippen LogP contribution is 2.17. The number of cyclic esters (lactones) is 2. The van der Waals surface area contributed by atoms with Gasteiger partial charge in [-0.15, -0.1) is 0 Å². The predicted molar refractivity (Wildman–Crippen MR) is 69.2 cm³/mol. The molecule has 2 aromatic rings. The molecule has 0 atom stereocenters. The van der Waals surface area contributed by atoms with Gasteiger partial charge in [0.05, 0.1) is 0 Å². The van der Waals surface area contributed by atoms with Crippen LogP contribution in [0.4, 0.5) is 4.79 Å². The molecular formula is C15H14O3. The molecule has 18 heavy (non-hydrogen) atoms. The quantitative estimate of drug-likeness (QED) is 0.718. The molecule has 3 heteroatoms. The zero-order valence-electron chi connectivity index (χ0n) is 9.91. The topological polar surface area (TPSA) is 35.5 Å². The fourth-order valence-electron chi connectivity index (χ4n) is 1.55. The molecule has 0 N–H and O–H groups in total. The van der Waals surface area contributed by atoms with Crippen LogP contribution in [0, 0.1) is 0 Å². The largest absolute Gasteiger partial charge is 0.508 e. The normalized spacial score (nSPS) is 13.0. The maximum Gasteiger partial charge on any atom is 0.508 e. The number of carbonyl (C=O) groups excluding carboxylic acids is 1. The lowest BCUT2D eigenvalue weighted by Gasteiger charge is -1.98. The van der Waals surface area contributed by atoms with E-state index in [2.05, 4.69) is 58.0 Å². The van der Waals surface area contributed by atoms with Gasteiger partial charge >= 0.3 is 6.16 Å². The van der Waals surface area contributed by atoms with E-state index in [4.69, 9.17) is 0 Å². The first-order chi connectivity index (χ1) is 8.86. The third kappa shape index (κ3) is 3.63. The molecular weight excluding hydrogens is 228 g/mol. The van der Waals surface area contributed by atoms with Gasteiger partial charge in [-0.2, -0.15) is 0 Å². The number of benzene rings is 2. The van der Waals surface area contributed by atoms with Gasteiger partial charge in [0.25, 0.3) is 0 Å². The molecule has 0 aliphatic carbocycles. The second kappa shape index (κ2) is 6.45. The van der Waals surface area contributed by atoms with Crippen LogP contribution in [0.5, 0.6) is 0 Å². The van der Waals surface area contributed by atoms with Crippen LogP contribution in [-0.2, 0) is 9.47 Å². The summed E-state index contributed by atoms with van der Waals surface area (Å²) in [5, 5.41) is 0. The van der Waals surface area contributed by atoms with Crippen LogP contribution >= 0.6 is 0 Å². The maximum absolute atomic E-state index is 9.80. The van der Waals surface area contributed by atoms with Crippen LogP contribution in [0.15, 0.2) is 60.7 Å². The number of ether oxygens (including phenoxy) is 2. The van der Waals surface area contributed by atoms with Crippen molar-refractivity contribution in [3.05, 3.63) is 60.7 Å². The third-order valence-corrected chi connectivity index (χ3v) is 2.40. The first-order valence-corrected chi connectivity index (χ1v) is 5.76. The Hall–Kier alpha value is -2.29. The molecule has 0 aromatic heterocycles. The summed E-state index contributed by atoms with van der Waals surface area (Å²) in [6, 6.07) is 20.8. The van der Waals surface area contributed by atoms with Crippen LogP contribution in [0.25, 0.3) is 11.1 Å². The predicted octanol–water partition coefficient (Wildman–Crippen LogP) is 3.51. The van der Waals surface area contributed by atoms with Crippen LogP contribution in [0.2, 0.25) is 0 Å². The van der Waals surface area contributed by atoms with Crippen molar-refractivity contribution in [2.45, 2.75) is 0 Å². The van der Waals surface area contributed by atoms with E-state index in [0.29, 0.717) is 13.2 Å². The van der Waals surface area contributed by atoms with Gasteiger partial charge in [0, 0.05) is 0 Å². The van der Waals surface area contributed by atoms with Crippen molar-refractivity contribution in [1.82, 2.24) is 0 Å². The van der Waals surface area contributed by atoms with Crippen LogP contribution in [-0.4, -0.2) is 19.4 Å². The lowest BCUT2D eigenvalue weighted by Crippen LogP contribution is -1.88. The molecule has 1 aliphatic rings. The smallest absolute Gasteiger partial charge is 0.431 e. The van der Waals surface area contributed by atoms with E-state index in [-0.39, 0.29) is 0 Å². The van der Waals surface area contributed by atoms with Gasteiger partial charge in [0.2, 0.25) is 0 Å². The van der Waals surface area contributed by atoms with Crippen molar-refractivity contribution < 1.29 is 14.3 Å². The van der Waals surface area contributed by atoms with E-state index in [1.807, 2.05) is 12.1 Å². The Morgan fingerprint density at radius 1 is 0.667 bits per heavy atom. The summed E-state index contributed by atoms with van der Waals surface area (Å²) < 4.78 is 8.58. The Morgan fingerprint density at radius 3 is 1.33 bits per heavy atom. The highest BCUT2D eigenvalue weighted by atomic mass is 16.8. The zero-order valence-corrected chi connectivity index (χ0v) is 9.91. The molecule has 2 aromatic carbocycles. The Morgan fingerprint density at radius 2 is 1.06 bits per heavy atom. The number of rotatable bonds is 1. The van der Waals surface area contributed by atoms with Crippen LogP contribution in [0.3, 0.4) is 0 Å². The van der Waals surface area contributed by atoms with Crippen LogP contribution in [0.1, 0.15) is 0 Å². The highest BCUT2D eigenvalue weighted by molar-refractivity contribution is 5.62. The van der Waals surface area contributed by atoms with Gasteiger partial charge < -0.3 is 9.47 Å². The minimum absolute atomic E-state index is 0.416.